The van der Waals surface area contributed by atoms with Crippen LogP contribution in [0, 0.1) is 0 Å². The van der Waals surface area contributed by atoms with E-state index < -0.39 is 0 Å². The van der Waals surface area contributed by atoms with Gasteiger partial charge in [-0.15, -0.1) is 0 Å². The summed E-state index contributed by atoms with van der Waals surface area (Å²) >= 11 is 1.56. The Morgan fingerprint density at radius 2 is 2.31 bits per heavy atom. The minimum absolute atomic E-state index is 0.0669. The van der Waals surface area contributed by atoms with Crippen molar-refractivity contribution >= 4 is 23.2 Å². The number of carbonyl (C=O) groups excluding carboxylic acids is 2. The Labute approximate surface area is 98.6 Å². The van der Waals surface area contributed by atoms with Gasteiger partial charge in [0.2, 0.25) is 5.91 Å². The minimum atomic E-state index is -0.279. The fourth-order valence-corrected chi connectivity index (χ4v) is 1.85. The molecule has 1 aromatic heterocycles. The molecule has 5 heteroatoms. The van der Waals surface area contributed by atoms with Gasteiger partial charge in [-0.1, -0.05) is 0 Å². The molecule has 0 atom stereocenters. The van der Waals surface area contributed by atoms with Gasteiger partial charge in [-0.05, 0) is 29.3 Å². The fraction of sp³-hybridized carbons (Fsp3) is 0.455. The summed E-state index contributed by atoms with van der Waals surface area (Å²) in [5.74, 6) is -0.346. The van der Waals surface area contributed by atoms with Crippen LogP contribution in [0.4, 0.5) is 0 Å². The number of nitrogens with one attached hydrogen (secondary N) is 1. The van der Waals surface area contributed by atoms with Gasteiger partial charge in [-0.3, -0.25) is 9.59 Å². The zero-order valence-corrected chi connectivity index (χ0v) is 10.0. The molecule has 0 fully saturated rings. The number of esters is 1. The topological polar surface area (TPSA) is 55.4 Å². The number of amides is 1. The normalized spacial score (nSPS) is 9.81. The zero-order valence-electron chi connectivity index (χ0n) is 9.19. The quantitative estimate of drug-likeness (QED) is 0.765. The molecule has 0 unspecified atom stereocenters. The Bertz CT molecular complexity index is 335. The maximum Gasteiger partial charge on any atom is 0.307 e. The molecule has 0 saturated heterocycles. The molecule has 0 spiro atoms. The third kappa shape index (κ3) is 4.93. The monoisotopic (exact) mass is 241 g/mol. The summed E-state index contributed by atoms with van der Waals surface area (Å²) in [5, 5.41) is 6.54. The van der Waals surface area contributed by atoms with Gasteiger partial charge in [-0.2, -0.15) is 11.3 Å². The molecule has 1 heterocycles. The van der Waals surface area contributed by atoms with Gasteiger partial charge in [0.1, 0.15) is 0 Å². The largest absolute Gasteiger partial charge is 0.466 e. The van der Waals surface area contributed by atoms with Crippen molar-refractivity contribution in [2.24, 2.45) is 0 Å². The molecule has 1 amide bonds. The molecule has 0 radical (unpaired) electrons. The van der Waals surface area contributed by atoms with Gasteiger partial charge in [0.25, 0.3) is 0 Å². The molecule has 1 N–H and O–H groups in total. The van der Waals surface area contributed by atoms with Gasteiger partial charge < -0.3 is 10.1 Å². The van der Waals surface area contributed by atoms with Gasteiger partial charge in [0, 0.05) is 6.54 Å². The van der Waals surface area contributed by atoms with Crippen molar-refractivity contribution in [3.05, 3.63) is 22.4 Å². The van der Waals surface area contributed by atoms with E-state index in [9.17, 15) is 9.59 Å². The third-order valence-electron chi connectivity index (χ3n) is 1.90. The molecule has 0 aliphatic rings. The van der Waals surface area contributed by atoms with E-state index in [2.05, 4.69) is 5.32 Å². The van der Waals surface area contributed by atoms with Crippen LogP contribution in [0.3, 0.4) is 0 Å². The molecule has 16 heavy (non-hydrogen) atoms. The molecule has 0 aliphatic heterocycles. The first-order valence-corrected chi connectivity index (χ1v) is 6.10. The van der Waals surface area contributed by atoms with Crippen molar-refractivity contribution in [1.29, 1.82) is 0 Å². The van der Waals surface area contributed by atoms with E-state index in [1.807, 2.05) is 16.8 Å². The first-order valence-electron chi connectivity index (χ1n) is 5.15. The lowest BCUT2D eigenvalue weighted by Crippen LogP contribution is -2.27. The molecule has 88 valence electrons. The minimum Gasteiger partial charge on any atom is -0.466 e. The van der Waals surface area contributed by atoms with Crippen molar-refractivity contribution in [2.75, 3.05) is 13.2 Å². The number of hydrogen-bond donors (Lipinski definition) is 1. The number of ether oxygens (including phenoxy) is 1. The Kier molecular flexibility index (Phi) is 5.56. The highest BCUT2D eigenvalue weighted by Crippen LogP contribution is 2.06. The molecule has 0 aliphatic carbocycles. The lowest BCUT2D eigenvalue weighted by atomic mass is 10.2. The van der Waals surface area contributed by atoms with Crippen molar-refractivity contribution in [1.82, 2.24) is 5.32 Å². The van der Waals surface area contributed by atoms with Gasteiger partial charge in [0.05, 0.1) is 19.4 Å². The van der Waals surface area contributed by atoms with E-state index in [4.69, 9.17) is 4.74 Å². The Morgan fingerprint density at radius 3 is 2.94 bits per heavy atom. The summed E-state index contributed by atoms with van der Waals surface area (Å²) in [4.78, 5) is 22.4. The summed E-state index contributed by atoms with van der Waals surface area (Å²) in [6, 6.07) is 1.91. The maximum atomic E-state index is 11.4. The van der Waals surface area contributed by atoms with Gasteiger partial charge in [0.15, 0.2) is 0 Å². The summed E-state index contributed by atoms with van der Waals surface area (Å²) in [5.41, 5.74) is 0.999. The maximum absolute atomic E-state index is 11.4. The van der Waals surface area contributed by atoms with Crippen LogP contribution >= 0.6 is 11.3 Å². The smallest absolute Gasteiger partial charge is 0.307 e. The number of hydrogen-bond acceptors (Lipinski definition) is 4. The van der Waals surface area contributed by atoms with Crippen LogP contribution < -0.4 is 5.32 Å². The van der Waals surface area contributed by atoms with Crippen LogP contribution in [0.25, 0.3) is 0 Å². The molecular weight excluding hydrogens is 226 g/mol. The van der Waals surface area contributed by atoms with Crippen LogP contribution in [0.15, 0.2) is 16.8 Å². The molecule has 0 saturated carbocycles. The first-order chi connectivity index (χ1) is 7.72. The van der Waals surface area contributed by atoms with Crippen LogP contribution in [0.1, 0.15) is 18.9 Å². The second kappa shape index (κ2) is 7.00. The van der Waals surface area contributed by atoms with Gasteiger partial charge in [-0.25, -0.2) is 0 Å². The first kappa shape index (κ1) is 12.7. The molecule has 0 aromatic carbocycles. The van der Waals surface area contributed by atoms with Crippen LogP contribution in [0.2, 0.25) is 0 Å². The summed E-state index contributed by atoms with van der Waals surface area (Å²) in [6.07, 6.45) is 0.593. The van der Waals surface area contributed by atoms with Gasteiger partial charge >= 0.3 is 5.97 Å². The van der Waals surface area contributed by atoms with Crippen LogP contribution in [-0.2, 0) is 20.7 Å². The Morgan fingerprint density at radius 1 is 1.50 bits per heavy atom. The molecular formula is C11H15NO3S. The van der Waals surface area contributed by atoms with Crippen LogP contribution in [0.5, 0.6) is 0 Å². The third-order valence-corrected chi connectivity index (χ3v) is 2.63. The van der Waals surface area contributed by atoms with Crippen LogP contribution in [-0.4, -0.2) is 25.0 Å². The number of thiophene rings is 1. The highest BCUT2D eigenvalue weighted by Gasteiger charge is 2.05. The number of rotatable bonds is 6. The molecule has 1 rings (SSSR count). The van der Waals surface area contributed by atoms with E-state index in [-0.39, 0.29) is 18.3 Å². The SMILES string of the molecule is CCOC(=O)CCNC(=O)Cc1ccsc1. The molecule has 1 aromatic rings. The van der Waals surface area contributed by atoms with Crippen molar-refractivity contribution < 1.29 is 14.3 Å². The Balaban J connectivity index is 2.13. The molecule has 4 nitrogen and oxygen atoms in total. The van der Waals surface area contributed by atoms with E-state index in [0.29, 0.717) is 19.6 Å². The number of carbonyl (C=O) groups is 2. The lowest BCUT2D eigenvalue weighted by Gasteiger charge is -2.04. The van der Waals surface area contributed by atoms with Crippen molar-refractivity contribution in [3.63, 3.8) is 0 Å². The predicted molar refractivity (Wildman–Crippen MR) is 62.3 cm³/mol. The second-order valence-electron chi connectivity index (χ2n) is 3.21. The second-order valence-corrected chi connectivity index (χ2v) is 3.99. The zero-order chi connectivity index (χ0) is 11.8. The average molecular weight is 241 g/mol. The summed E-state index contributed by atoms with van der Waals surface area (Å²) < 4.78 is 4.74. The summed E-state index contributed by atoms with van der Waals surface area (Å²) in [7, 11) is 0. The van der Waals surface area contributed by atoms with E-state index in [1.54, 1.807) is 18.3 Å². The standard InChI is InChI=1S/C11H15NO3S/c1-2-15-11(14)3-5-12-10(13)7-9-4-6-16-8-9/h4,6,8H,2-3,5,7H2,1H3,(H,12,13). The van der Waals surface area contributed by atoms with E-state index in [0.717, 1.165) is 5.56 Å². The van der Waals surface area contributed by atoms with Crippen molar-refractivity contribution in [3.8, 4) is 0 Å². The summed E-state index contributed by atoms with van der Waals surface area (Å²) in [6.45, 7) is 2.47. The van der Waals surface area contributed by atoms with E-state index in [1.165, 1.54) is 0 Å². The van der Waals surface area contributed by atoms with E-state index >= 15 is 0 Å². The highest BCUT2D eigenvalue weighted by atomic mass is 32.1. The highest BCUT2D eigenvalue weighted by molar-refractivity contribution is 7.07. The lowest BCUT2D eigenvalue weighted by molar-refractivity contribution is -0.143. The van der Waals surface area contributed by atoms with Crippen molar-refractivity contribution in [2.45, 2.75) is 19.8 Å². The Hall–Kier alpha value is -1.36. The average Bonchev–Trinajstić information content (AvgIpc) is 2.70. The predicted octanol–water partition coefficient (Wildman–Crippen LogP) is 1.36. The molecule has 0 bridgehead atoms. The fourth-order valence-electron chi connectivity index (χ4n) is 1.18.